The van der Waals surface area contributed by atoms with E-state index in [0.717, 1.165) is 36.7 Å². The van der Waals surface area contributed by atoms with Gasteiger partial charge in [-0.25, -0.2) is 13.9 Å². The van der Waals surface area contributed by atoms with Crippen LogP contribution in [-0.2, 0) is 27.4 Å². The van der Waals surface area contributed by atoms with Gasteiger partial charge < -0.3 is 4.74 Å². The summed E-state index contributed by atoms with van der Waals surface area (Å²) in [6.07, 6.45) is 8.59. The summed E-state index contributed by atoms with van der Waals surface area (Å²) in [6, 6.07) is 8.07. The van der Waals surface area contributed by atoms with Crippen LogP contribution < -0.4 is 4.57 Å². The minimum atomic E-state index is -0.181. The number of esters is 1. The zero-order chi connectivity index (χ0) is 26.0. The highest BCUT2D eigenvalue weighted by Gasteiger charge is 2.37. The van der Waals surface area contributed by atoms with E-state index in [2.05, 4.69) is 41.5 Å². The Balaban J connectivity index is 1.50. The summed E-state index contributed by atoms with van der Waals surface area (Å²) in [5.41, 5.74) is 1.96. The van der Waals surface area contributed by atoms with Crippen molar-refractivity contribution in [3.8, 4) is 0 Å². The van der Waals surface area contributed by atoms with E-state index in [9.17, 15) is 9.59 Å². The number of hydrogen-bond acceptors (Lipinski definition) is 3. The van der Waals surface area contributed by atoms with Crippen molar-refractivity contribution in [1.82, 2.24) is 4.57 Å². The molecule has 0 unspecified atom stereocenters. The van der Waals surface area contributed by atoms with Crippen molar-refractivity contribution in [1.29, 1.82) is 0 Å². The molecule has 198 valence electrons. The van der Waals surface area contributed by atoms with Gasteiger partial charge in [0.05, 0.1) is 0 Å². The highest BCUT2D eigenvalue weighted by Crippen LogP contribution is 2.39. The lowest BCUT2D eigenvalue weighted by Crippen LogP contribution is -2.43. The molecule has 2 saturated carbocycles. The van der Waals surface area contributed by atoms with Crippen molar-refractivity contribution < 1.29 is 18.9 Å². The third-order valence-corrected chi connectivity index (χ3v) is 9.08. The number of ketones is 1. The highest BCUT2D eigenvalue weighted by atomic mass is 16.5. The Labute approximate surface area is 217 Å². The van der Waals surface area contributed by atoms with E-state index in [1.807, 2.05) is 39.7 Å². The Morgan fingerprint density at radius 2 is 1.58 bits per heavy atom. The van der Waals surface area contributed by atoms with Gasteiger partial charge in [-0.3, -0.25) is 4.79 Å². The quantitative estimate of drug-likeness (QED) is 0.323. The first-order valence-corrected chi connectivity index (χ1v) is 14.3. The predicted octanol–water partition coefficient (Wildman–Crippen LogP) is 6.21. The molecule has 0 aliphatic heterocycles. The van der Waals surface area contributed by atoms with Crippen LogP contribution in [-0.4, -0.2) is 22.4 Å². The molecule has 0 radical (unpaired) electrons. The number of imidazole rings is 1. The number of aromatic nitrogens is 2. The van der Waals surface area contributed by atoms with Gasteiger partial charge in [0.25, 0.3) is 0 Å². The summed E-state index contributed by atoms with van der Waals surface area (Å²) in [5.74, 6) is 3.38. The molecule has 0 amide bonds. The normalized spacial score (nSPS) is 29.1. The molecule has 5 nitrogen and oxygen atoms in total. The Bertz CT molecular complexity index is 1060. The lowest BCUT2D eigenvalue weighted by Gasteiger charge is -2.36. The van der Waals surface area contributed by atoms with Crippen LogP contribution in [0.3, 0.4) is 0 Å². The number of fused-ring (bicyclic) bond motifs is 1. The largest absolute Gasteiger partial charge is 0.459 e. The first-order chi connectivity index (χ1) is 17.1. The number of hydrogen-bond donors (Lipinski definition) is 0. The summed E-state index contributed by atoms with van der Waals surface area (Å²) in [4.78, 5) is 26.7. The second-order valence-electron chi connectivity index (χ2n) is 12.6. The summed E-state index contributed by atoms with van der Waals surface area (Å²) >= 11 is 0. The van der Waals surface area contributed by atoms with Crippen LogP contribution in [0.5, 0.6) is 0 Å². The smallest absolute Gasteiger partial charge is 0.348 e. The number of Topliss-reactive ketones (excluding diaryl/α,β-unsaturated/α-hetero) is 1. The summed E-state index contributed by atoms with van der Waals surface area (Å²) in [6.45, 7) is 14.0. The van der Waals surface area contributed by atoms with Crippen molar-refractivity contribution >= 4 is 22.8 Å². The molecular formula is C31H47N2O3+. The molecule has 0 N–H and O–H groups in total. The number of benzene rings is 1. The van der Waals surface area contributed by atoms with Crippen LogP contribution >= 0.6 is 0 Å². The van der Waals surface area contributed by atoms with Crippen molar-refractivity contribution in [3.05, 3.63) is 30.6 Å². The number of para-hydroxylation sites is 2. The van der Waals surface area contributed by atoms with Gasteiger partial charge in [-0.1, -0.05) is 66.5 Å². The monoisotopic (exact) mass is 495 g/mol. The van der Waals surface area contributed by atoms with Gasteiger partial charge in [0.1, 0.15) is 12.6 Å². The van der Waals surface area contributed by atoms with Crippen LogP contribution in [0.1, 0.15) is 80.1 Å². The standard InChI is InChI=1S/C31H47N2O3/c1-20(2)24-13-11-22(5)15-26(24)29(34)17-32-19-33(28-10-8-7-9-27(28)32)18-31(35)36-30-16-23(6)12-14-25(30)21(3)4/h7-10,19-26,30H,11-18H2,1-6H3/q+1/t22-,23+,24+,25+,26+,30+/m0/s1. The molecule has 6 atom stereocenters. The van der Waals surface area contributed by atoms with Crippen LogP contribution in [0.15, 0.2) is 30.6 Å². The lowest BCUT2D eigenvalue weighted by molar-refractivity contribution is -0.659. The van der Waals surface area contributed by atoms with E-state index in [-0.39, 0.29) is 24.5 Å². The number of rotatable bonds is 8. The molecule has 2 aliphatic carbocycles. The van der Waals surface area contributed by atoms with E-state index in [1.54, 1.807) is 0 Å². The van der Waals surface area contributed by atoms with Crippen molar-refractivity contribution in [2.75, 3.05) is 0 Å². The maximum Gasteiger partial charge on any atom is 0.348 e. The van der Waals surface area contributed by atoms with Crippen LogP contribution in [0.4, 0.5) is 0 Å². The molecule has 1 aromatic heterocycles. The van der Waals surface area contributed by atoms with Gasteiger partial charge in [0, 0.05) is 5.92 Å². The average Bonchev–Trinajstić information content (AvgIpc) is 3.15. The molecule has 36 heavy (non-hydrogen) atoms. The summed E-state index contributed by atoms with van der Waals surface area (Å²) in [5, 5.41) is 0. The van der Waals surface area contributed by atoms with Gasteiger partial charge in [-0.05, 0) is 73.3 Å². The number of carbonyl (C=O) groups excluding carboxylic acids is 2. The van der Waals surface area contributed by atoms with Crippen LogP contribution in [0, 0.1) is 41.4 Å². The van der Waals surface area contributed by atoms with Crippen LogP contribution in [0.25, 0.3) is 11.0 Å². The minimum Gasteiger partial charge on any atom is -0.459 e. The number of ether oxygens (including phenoxy) is 1. The Hall–Kier alpha value is -2.17. The first-order valence-electron chi connectivity index (χ1n) is 14.3. The highest BCUT2D eigenvalue weighted by molar-refractivity contribution is 5.81. The van der Waals surface area contributed by atoms with Gasteiger partial charge in [0.2, 0.25) is 6.33 Å². The second kappa shape index (κ2) is 11.5. The molecule has 0 bridgehead atoms. The fourth-order valence-corrected chi connectivity index (χ4v) is 6.95. The molecule has 2 fully saturated rings. The molecular weight excluding hydrogens is 448 g/mol. The SMILES string of the molecule is CC(C)[C@H]1CC[C@@H](C)C[C@H]1OC(=O)Cn1c[n+](CC(=O)[C@@H]2C[C@@H](C)CC[C@@H]2C(C)C)c2ccccc21. The maximum absolute atomic E-state index is 13.6. The number of carbonyl (C=O) groups is 2. The number of nitrogens with zero attached hydrogens (tertiary/aromatic N) is 2. The maximum atomic E-state index is 13.6. The fraction of sp³-hybridized carbons (Fsp3) is 0.710. The van der Waals surface area contributed by atoms with E-state index in [0.29, 0.717) is 47.8 Å². The van der Waals surface area contributed by atoms with Crippen LogP contribution in [0.2, 0.25) is 0 Å². The Morgan fingerprint density at radius 1 is 0.944 bits per heavy atom. The Morgan fingerprint density at radius 3 is 2.28 bits per heavy atom. The van der Waals surface area contributed by atoms with E-state index in [4.69, 9.17) is 4.74 Å². The van der Waals surface area contributed by atoms with Gasteiger partial charge in [-0.15, -0.1) is 0 Å². The molecule has 0 saturated heterocycles. The molecule has 2 aliphatic rings. The molecule has 2 aromatic rings. The first kappa shape index (κ1) is 26.9. The van der Waals surface area contributed by atoms with Crippen molar-refractivity contribution in [2.45, 2.75) is 99.3 Å². The van der Waals surface area contributed by atoms with Crippen molar-refractivity contribution in [2.24, 2.45) is 41.4 Å². The van der Waals surface area contributed by atoms with E-state index in [1.165, 1.54) is 12.8 Å². The van der Waals surface area contributed by atoms with Crippen molar-refractivity contribution in [3.63, 3.8) is 0 Å². The average molecular weight is 496 g/mol. The zero-order valence-electron chi connectivity index (χ0n) is 23.3. The fourth-order valence-electron chi connectivity index (χ4n) is 6.95. The van der Waals surface area contributed by atoms with Gasteiger partial charge >= 0.3 is 5.97 Å². The molecule has 4 rings (SSSR count). The third-order valence-electron chi connectivity index (χ3n) is 9.08. The molecule has 1 aromatic carbocycles. The second-order valence-corrected chi connectivity index (χ2v) is 12.6. The zero-order valence-corrected chi connectivity index (χ0v) is 23.3. The Kier molecular flexibility index (Phi) is 8.57. The summed E-state index contributed by atoms with van der Waals surface area (Å²) in [7, 11) is 0. The van der Waals surface area contributed by atoms with E-state index >= 15 is 0 Å². The summed E-state index contributed by atoms with van der Waals surface area (Å²) < 4.78 is 10.1. The third kappa shape index (κ3) is 6.03. The molecule has 0 spiro atoms. The van der Waals surface area contributed by atoms with Gasteiger partial charge in [0.15, 0.2) is 23.4 Å². The lowest BCUT2D eigenvalue weighted by atomic mass is 9.68. The molecule has 5 heteroatoms. The predicted molar refractivity (Wildman–Crippen MR) is 143 cm³/mol. The minimum absolute atomic E-state index is 0.00182. The molecule has 1 heterocycles. The van der Waals surface area contributed by atoms with Gasteiger partial charge in [-0.2, -0.15) is 0 Å². The topological polar surface area (TPSA) is 52.2 Å². The van der Waals surface area contributed by atoms with E-state index < -0.39 is 0 Å².